The summed E-state index contributed by atoms with van der Waals surface area (Å²) in [6, 6.07) is 3.83. The zero-order valence-electron chi connectivity index (χ0n) is 16.6. The fourth-order valence-electron chi connectivity index (χ4n) is 3.44. The fraction of sp³-hybridized carbons (Fsp3) is 0.524. The van der Waals surface area contributed by atoms with Crippen LogP contribution in [0, 0.1) is 6.92 Å². The van der Waals surface area contributed by atoms with E-state index in [0.29, 0.717) is 37.2 Å². The molecule has 0 saturated carbocycles. The quantitative estimate of drug-likeness (QED) is 0.697. The molecule has 2 aliphatic rings. The molecule has 0 aromatic heterocycles. The third-order valence-corrected chi connectivity index (χ3v) is 4.92. The van der Waals surface area contributed by atoms with Gasteiger partial charge in [0.2, 0.25) is 0 Å². The second kappa shape index (κ2) is 6.91. The van der Waals surface area contributed by atoms with Crippen LogP contribution in [0.5, 0.6) is 5.75 Å². The topological polar surface area (TPSA) is 65.1 Å². The SMILES string of the molecule is COC(=O)c1c(C)ccc2c1OC1(C=C2)CCN(C(=O)OC(C)(C)C)CC1. The molecule has 27 heavy (non-hydrogen) atoms. The second-order valence-electron chi connectivity index (χ2n) is 8.13. The molecule has 1 saturated heterocycles. The minimum Gasteiger partial charge on any atom is -0.482 e. The third kappa shape index (κ3) is 3.94. The van der Waals surface area contributed by atoms with Crippen molar-refractivity contribution in [2.75, 3.05) is 20.2 Å². The summed E-state index contributed by atoms with van der Waals surface area (Å²) in [5.41, 5.74) is 1.10. The predicted molar refractivity (Wildman–Crippen MR) is 102 cm³/mol. The van der Waals surface area contributed by atoms with E-state index in [1.165, 1.54) is 7.11 Å². The van der Waals surface area contributed by atoms with Crippen molar-refractivity contribution in [1.29, 1.82) is 0 Å². The van der Waals surface area contributed by atoms with E-state index in [1.807, 2.05) is 52.0 Å². The summed E-state index contributed by atoms with van der Waals surface area (Å²) in [4.78, 5) is 26.3. The Balaban J connectivity index is 1.78. The predicted octanol–water partition coefficient (Wildman–Crippen LogP) is 3.96. The Bertz CT molecular complexity index is 782. The molecule has 0 bridgehead atoms. The number of likely N-dealkylation sites (tertiary alicyclic amines) is 1. The molecule has 1 fully saturated rings. The molecule has 0 unspecified atom stereocenters. The first-order valence-corrected chi connectivity index (χ1v) is 9.22. The lowest BCUT2D eigenvalue weighted by atomic mass is 9.87. The van der Waals surface area contributed by atoms with Crippen molar-refractivity contribution in [2.24, 2.45) is 0 Å². The van der Waals surface area contributed by atoms with E-state index in [-0.39, 0.29) is 6.09 Å². The van der Waals surface area contributed by atoms with Crippen molar-refractivity contribution in [3.05, 3.63) is 34.9 Å². The van der Waals surface area contributed by atoms with Gasteiger partial charge in [-0.15, -0.1) is 0 Å². The average Bonchev–Trinajstić information content (AvgIpc) is 2.60. The highest BCUT2D eigenvalue weighted by Gasteiger charge is 2.40. The third-order valence-electron chi connectivity index (χ3n) is 4.92. The van der Waals surface area contributed by atoms with E-state index in [4.69, 9.17) is 14.2 Å². The van der Waals surface area contributed by atoms with Crippen LogP contribution in [0.2, 0.25) is 0 Å². The number of hydrogen-bond donors (Lipinski definition) is 0. The molecule has 0 aliphatic carbocycles. The summed E-state index contributed by atoms with van der Waals surface area (Å²) in [6.07, 6.45) is 5.00. The summed E-state index contributed by atoms with van der Waals surface area (Å²) >= 11 is 0. The minimum absolute atomic E-state index is 0.302. The number of rotatable bonds is 1. The minimum atomic E-state index is -0.526. The summed E-state index contributed by atoms with van der Waals surface area (Å²) in [6.45, 7) is 8.51. The van der Waals surface area contributed by atoms with Gasteiger partial charge < -0.3 is 19.1 Å². The van der Waals surface area contributed by atoms with Crippen LogP contribution < -0.4 is 4.74 Å². The van der Waals surface area contributed by atoms with Gasteiger partial charge in [0.15, 0.2) is 0 Å². The molecule has 3 rings (SSSR count). The molecule has 0 N–H and O–H groups in total. The Kier molecular flexibility index (Phi) is 4.93. The molecule has 146 valence electrons. The number of ether oxygens (including phenoxy) is 3. The molecular formula is C21H27NO5. The molecule has 1 aromatic rings. The smallest absolute Gasteiger partial charge is 0.410 e. The van der Waals surface area contributed by atoms with E-state index >= 15 is 0 Å². The zero-order chi connectivity index (χ0) is 19.8. The van der Waals surface area contributed by atoms with Gasteiger partial charge in [-0.05, 0) is 39.3 Å². The summed E-state index contributed by atoms with van der Waals surface area (Å²) in [7, 11) is 1.37. The lowest BCUT2D eigenvalue weighted by Gasteiger charge is -2.42. The van der Waals surface area contributed by atoms with Gasteiger partial charge >= 0.3 is 12.1 Å². The Labute approximate surface area is 160 Å². The Morgan fingerprint density at radius 2 is 1.85 bits per heavy atom. The van der Waals surface area contributed by atoms with Gasteiger partial charge in [0.1, 0.15) is 22.5 Å². The maximum atomic E-state index is 12.3. The van der Waals surface area contributed by atoms with Crippen LogP contribution in [0.4, 0.5) is 4.79 Å². The number of carbonyl (C=O) groups is 2. The van der Waals surface area contributed by atoms with Gasteiger partial charge in [0.05, 0.1) is 7.11 Å². The number of fused-ring (bicyclic) bond motifs is 1. The van der Waals surface area contributed by atoms with E-state index in [0.717, 1.165) is 11.1 Å². The van der Waals surface area contributed by atoms with Gasteiger partial charge in [0, 0.05) is 31.5 Å². The maximum Gasteiger partial charge on any atom is 0.410 e. The molecule has 2 heterocycles. The van der Waals surface area contributed by atoms with Gasteiger partial charge in [-0.25, -0.2) is 9.59 Å². The molecule has 1 aromatic carbocycles. The average molecular weight is 373 g/mol. The number of hydrogen-bond acceptors (Lipinski definition) is 5. The number of piperidine rings is 1. The number of nitrogens with zero attached hydrogens (tertiary/aromatic N) is 1. The first kappa shape index (κ1) is 19.3. The van der Waals surface area contributed by atoms with E-state index in [2.05, 4.69) is 0 Å². The summed E-state index contributed by atoms with van der Waals surface area (Å²) in [5, 5.41) is 0. The van der Waals surface area contributed by atoms with Crippen molar-refractivity contribution in [1.82, 2.24) is 4.90 Å². The van der Waals surface area contributed by atoms with Crippen molar-refractivity contribution in [3.8, 4) is 5.75 Å². The van der Waals surface area contributed by atoms with Gasteiger partial charge in [-0.2, -0.15) is 0 Å². The fourth-order valence-corrected chi connectivity index (χ4v) is 3.44. The molecule has 0 atom stereocenters. The summed E-state index contributed by atoms with van der Waals surface area (Å²) < 4.78 is 16.8. The van der Waals surface area contributed by atoms with E-state index in [9.17, 15) is 9.59 Å². The zero-order valence-corrected chi connectivity index (χ0v) is 16.6. The molecule has 1 amide bonds. The highest BCUT2D eigenvalue weighted by atomic mass is 16.6. The Hall–Kier alpha value is -2.50. The van der Waals surface area contributed by atoms with Crippen molar-refractivity contribution < 1.29 is 23.8 Å². The van der Waals surface area contributed by atoms with Gasteiger partial charge in [0.25, 0.3) is 0 Å². The number of aryl methyl sites for hydroxylation is 1. The highest BCUT2D eigenvalue weighted by Crippen LogP contribution is 2.40. The molecule has 6 heteroatoms. The normalized spacial score (nSPS) is 17.9. The maximum absolute atomic E-state index is 12.3. The number of methoxy groups -OCH3 is 1. The van der Waals surface area contributed by atoms with Crippen LogP contribution >= 0.6 is 0 Å². The van der Waals surface area contributed by atoms with Crippen molar-refractivity contribution in [3.63, 3.8) is 0 Å². The number of carbonyl (C=O) groups excluding carboxylic acids is 2. The largest absolute Gasteiger partial charge is 0.482 e. The van der Waals surface area contributed by atoms with Gasteiger partial charge in [-0.3, -0.25) is 0 Å². The van der Waals surface area contributed by atoms with Crippen LogP contribution in [-0.4, -0.2) is 48.4 Å². The van der Waals surface area contributed by atoms with Crippen molar-refractivity contribution >= 4 is 18.1 Å². The lowest BCUT2D eigenvalue weighted by Crippen LogP contribution is -2.50. The number of amides is 1. The second-order valence-corrected chi connectivity index (χ2v) is 8.13. The first-order valence-electron chi connectivity index (χ1n) is 9.22. The van der Waals surface area contributed by atoms with E-state index < -0.39 is 17.2 Å². The molecular weight excluding hydrogens is 346 g/mol. The summed E-state index contributed by atoms with van der Waals surface area (Å²) in [5.74, 6) is 0.163. The van der Waals surface area contributed by atoms with Crippen molar-refractivity contribution in [2.45, 2.75) is 51.7 Å². The molecule has 1 spiro atoms. The van der Waals surface area contributed by atoms with Crippen LogP contribution in [0.25, 0.3) is 6.08 Å². The molecule has 2 aliphatic heterocycles. The van der Waals surface area contributed by atoms with Crippen LogP contribution in [-0.2, 0) is 9.47 Å². The van der Waals surface area contributed by atoms with Gasteiger partial charge in [-0.1, -0.05) is 18.2 Å². The number of esters is 1. The Morgan fingerprint density at radius 1 is 1.19 bits per heavy atom. The van der Waals surface area contributed by atoms with Crippen LogP contribution in [0.1, 0.15) is 55.1 Å². The van der Waals surface area contributed by atoms with E-state index in [1.54, 1.807) is 4.90 Å². The monoisotopic (exact) mass is 373 g/mol. The first-order chi connectivity index (χ1) is 12.6. The standard InChI is InChI=1S/C21H27NO5/c1-14-6-7-15-8-9-21(26-17(15)16(14)18(23)25-5)10-12-22(13-11-21)19(24)27-20(2,3)4/h6-9H,10-13H2,1-5H3. The Morgan fingerprint density at radius 3 is 2.44 bits per heavy atom. The lowest BCUT2D eigenvalue weighted by molar-refractivity contribution is -0.00129. The number of benzene rings is 1. The van der Waals surface area contributed by atoms with Crippen LogP contribution in [0.3, 0.4) is 0 Å². The molecule has 0 radical (unpaired) electrons. The highest BCUT2D eigenvalue weighted by molar-refractivity contribution is 5.96. The molecule has 6 nitrogen and oxygen atoms in total. The van der Waals surface area contributed by atoms with Crippen LogP contribution in [0.15, 0.2) is 18.2 Å².